The van der Waals surface area contributed by atoms with Crippen LogP contribution in [0.1, 0.15) is 62.5 Å². The van der Waals surface area contributed by atoms with E-state index in [1.807, 2.05) is 29.2 Å². The number of aliphatic hydroxyl groups is 1. The van der Waals surface area contributed by atoms with Crippen LogP contribution in [0.15, 0.2) is 36.1 Å². The largest absolute Gasteiger partial charge is 0.459 e. The second kappa shape index (κ2) is 10.6. The molecule has 0 radical (unpaired) electrons. The predicted molar refractivity (Wildman–Crippen MR) is 126 cm³/mol. The van der Waals surface area contributed by atoms with Gasteiger partial charge in [-0.15, -0.1) is 0 Å². The van der Waals surface area contributed by atoms with Crippen molar-refractivity contribution in [2.24, 2.45) is 11.8 Å². The van der Waals surface area contributed by atoms with Gasteiger partial charge in [-0.3, -0.25) is 4.79 Å². The van der Waals surface area contributed by atoms with Crippen LogP contribution in [0, 0.1) is 11.8 Å². The van der Waals surface area contributed by atoms with Crippen LogP contribution >= 0.6 is 0 Å². The van der Waals surface area contributed by atoms with Gasteiger partial charge in [0.05, 0.1) is 13.2 Å². The lowest BCUT2D eigenvalue weighted by Crippen LogP contribution is -2.49. The molecule has 1 aliphatic carbocycles. The van der Waals surface area contributed by atoms with Crippen molar-refractivity contribution in [2.75, 3.05) is 26.2 Å². The summed E-state index contributed by atoms with van der Waals surface area (Å²) in [6, 6.07) is 8.40. The third-order valence-electron chi connectivity index (χ3n) is 7.83. The summed E-state index contributed by atoms with van der Waals surface area (Å²) in [5.41, 5.74) is 1.93. The molecule has 33 heavy (non-hydrogen) atoms. The Morgan fingerprint density at radius 2 is 1.67 bits per heavy atom. The minimum Gasteiger partial charge on any atom is -0.459 e. The zero-order valence-electron chi connectivity index (χ0n) is 19.7. The van der Waals surface area contributed by atoms with E-state index in [0.29, 0.717) is 30.2 Å². The molecule has 5 rings (SSSR count). The van der Waals surface area contributed by atoms with E-state index in [2.05, 4.69) is 11.0 Å². The van der Waals surface area contributed by atoms with Gasteiger partial charge in [0.15, 0.2) is 5.76 Å². The van der Waals surface area contributed by atoms with Gasteiger partial charge in [0.2, 0.25) is 6.29 Å². The summed E-state index contributed by atoms with van der Waals surface area (Å²) in [5, 5.41) is 9.22. The maximum Gasteiger partial charge on any atom is 0.288 e. The van der Waals surface area contributed by atoms with E-state index in [1.165, 1.54) is 45.2 Å². The Labute approximate surface area is 197 Å². The van der Waals surface area contributed by atoms with Crippen LogP contribution < -0.4 is 0 Å². The molecule has 1 saturated carbocycles. The molecule has 3 aliphatic heterocycles. The third-order valence-corrected chi connectivity index (χ3v) is 7.83. The second-order valence-corrected chi connectivity index (χ2v) is 10.2. The lowest BCUT2D eigenvalue weighted by atomic mass is 9.95. The van der Waals surface area contributed by atoms with Gasteiger partial charge in [0.25, 0.3) is 5.91 Å². The van der Waals surface area contributed by atoms with E-state index < -0.39 is 0 Å². The fourth-order valence-electron chi connectivity index (χ4n) is 5.59. The molecule has 4 aliphatic rings. The van der Waals surface area contributed by atoms with Gasteiger partial charge >= 0.3 is 0 Å². The number of rotatable bonds is 7. The number of amides is 1. The van der Waals surface area contributed by atoms with Crippen molar-refractivity contribution in [3.8, 4) is 0 Å². The Kier molecular flexibility index (Phi) is 7.34. The van der Waals surface area contributed by atoms with E-state index >= 15 is 0 Å². The first kappa shape index (κ1) is 22.9. The van der Waals surface area contributed by atoms with Crippen LogP contribution in [0.5, 0.6) is 0 Å². The molecule has 1 aromatic rings. The van der Waals surface area contributed by atoms with Crippen molar-refractivity contribution in [1.82, 2.24) is 9.80 Å². The zero-order valence-corrected chi connectivity index (χ0v) is 19.7. The highest BCUT2D eigenvalue weighted by molar-refractivity contribution is 5.91. The van der Waals surface area contributed by atoms with Gasteiger partial charge in [-0.25, -0.2) is 0 Å². The summed E-state index contributed by atoms with van der Waals surface area (Å²) in [4.78, 5) is 18.0. The molecular formula is C27H38N2O4. The van der Waals surface area contributed by atoms with E-state index in [9.17, 15) is 9.90 Å². The van der Waals surface area contributed by atoms with E-state index in [-0.39, 0.29) is 18.8 Å². The number of hydrogen-bond acceptors (Lipinski definition) is 5. The minimum absolute atomic E-state index is 0.0401. The Morgan fingerprint density at radius 3 is 2.33 bits per heavy atom. The Balaban J connectivity index is 1.17. The van der Waals surface area contributed by atoms with Crippen LogP contribution in [-0.4, -0.2) is 59.3 Å². The molecule has 2 atom stereocenters. The third kappa shape index (κ3) is 5.79. The van der Waals surface area contributed by atoms with Gasteiger partial charge in [-0.2, -0.15) is 0 Å². The molecule has 3 heterocycles. The van der Waals surface area contributed by atoms with Crippen LogP contribution in [0.25, 0.3) is 0 Å². The van der Waals surface area contributed by atoms with E-state index in [4.69, 9.17) is 9.47 Å². The quantitative estimate of drug-likeness (QED) is 0.679. The van der Waals surface area contributed by atoms with Crippen LogP contribution in [-0.2, 0) is 27.5 Å². The monoisotopic (exact) mass is 454 g/mol. The Bertz CT molecular complexity index is 821. The highest BCUT2D eigenvalue weighted by Gasteiger charge is 2.38. The van der Waals surface area contributed by atoms with Crippen LogP contribution in [0.4, 0.5) is 0 Å². The van der Waals surface area contributed by atoms with Crippen molar-refractivity contribution in [1.29, 1.82) is 0 Å². The van der Waals surface area contributed by atoms with Gasteiger partial charge < -0.3 is 24.4 Å². The molecule has 6 heteroatoms. The average Bonchev–Trinajstić information content (AvgIpc) is 3.74. The fraction of sp³-hybridized carbons (Fsp3) is 0.667. The summed E-state index contributed by atoms with van der Waals surface area (Å²) >= 11 is 0. The minimum atomic E-state index is -0.386. The molecule has 0 spiro atoms. The Morgan fingerprint density at radius 1 is 0.970 bits per heavy atom. The molecule has 0 unspecified atom stereocenters. The molecule has 1 aromatic carbocycles. The van der Waals surface area contributed by atoms with Crippen molar-refractivity contribution < 1.29 is 19.4 Å². The van der Waals surface area contributed by atoms with Crippen molar-refractivity contribution in [3.63, 3.8) is 0 Å². The standard InChI is InChI=1S/C27H38N2O4/c30-18-20-4-6-21(7-5-20)19-32-26-17-23(22-8-9-22)16-25(33-26)27(31)29-14-10-24(11-15-29)28-12-2-1-3-13-28/h4-7,16,22-24,26,30H,1-3,8-15,17-19H2/t23-,26+/m0/s1. The number of nitrogens with zero attached hydrogens (tertiary/aromatic N) is 2. The summed E-state index contributed by atoms with van der Waals surface area (Å²) < 4.78 is 12.2. The molecule has 180 valence electrons. The summed E-state index contributed by atoms with van der Waals surface area (Å²) in [6.45, 7) is 4.56. The topological polar surface area (TPSA) is 62.2 Å². The van der Waals surface area contributed by atoms with Crippen molar-refractivity contribution in [3.05, 3.63) is 47.2 Å². The average molecular weight is 455 g/mol. The fourth-order valence-corrected chi connectivity index (χ4v) is 5.59. The smallest absolute Gasteiger partial charge is 0.288 e. The van der Waals surface area contributed by atoms with Gasteiger partial charge in [-0.05, 0) is 80.7 Å². The number of benzene rings is 1. The number of hydrogen-bond donors (Lipinski definition) is 1. The van der Waals surface area contributed by atoms with Gasteiger partial charge in [-0.1, -0.05) is 30.7 Å². The van der Waals surface area contributed by atoms with E-state index in [0.717, 1.165) is 43.5 Å². The molecule has 1 amide bonds. The first-order valence-electron chi connectivity index (χ1n) is 12.9. The number of piperidine rings is 2. The highest BCUT2D eigenvalue weighted by Crippen LogP contribution is 2.43. The second-order valence-electron chi connectivity index (χ2n) is 10.2. The molecule has 0 aromatic heterocycles. The molecule has 1 N–H and O–H groups in total. The first-order chi connectivity index (χ1) is 16.2. The number of carbonyl (C=O) groups excluding carboxylic acids is 1. The van der Waals surface area contributed by atoms with Gasteiger partial charge in [0.1, 0.15) is 0 Å². The highest BCUT2D eigenvalue weighted by atomic mass is 16.7. The molecule has 6 nitrogen and oxygen atoms in total. The molecule has 3 fully saturated rings. The SMILES string of the molecule is O=C(C1=C[C@H](C2CC2)C[C@H](OCc2ccc(CO)cc2)O1)N1CCC(N2CCCCC2)CC1. The lowest BCUT2D eigenvalue weighted by Gasteiger charge is -2.40. The summed E-state index contributed by atoms with van der Waals surface area (Å²) in [6.07, 6.45) is 11.1. The zero-order chi connectivity index (χ0) is 22.6. The number of likely N-dealkylation sites (tertiary alicyclic amines) is 2. The van der Waals surface area contributed by atoms with E-state index in [1.54, 1.807) is 0 Å². The van der Waals surface area contributed by atoms with Crippen molar-refractivity contribution in [2.45, 2.75) is 76.9 Å². The molecule has 0 bridgehead atoms. The van der Waals surface area contributed by atoms with Crippen LogP contribution in [0.3, 0.4) is 0 Å². The lowest BCUT2D eigenvalue weighted by molar-refractivity contribution is -0.160. The van der Waals surface area contributed by atoms with Crippen LogP contribution in [0.2, 0.25) is 0 Å². The molecule has 2 saturated heterocycles. The number of carbonyl (C=O) groups is 1. The number of ether oxygens (including phenoxy) is 2. The Hall–Kier alpha value is -1.89. The maximum absolute atomic E-state index is 13.4. The van der Waals surface area contributed by atoms with Gasteiger partial charge in [0, 0.05) is 25.6 Å². The van der Waals surface area contributed by atoms with Crippen molar-refractivity contribution >= 4 is 5.91 Å². The summed E-state index contributed by atoms with van der Waals surface area (Å²) in [7, 11) is 0. The maximum atomic E-state index is 13.4. The first-order valence-corrected chi connectivity index (χ1v) is 12.9. The molecular weight excluding hydrogens is 416 g/mol. The number of aliphatic hydroxyl groups excluding tert-OH is 1. The summed E-state index contributed by atoms with van der Waals surface area (Å²) in [5.74, 6) is 1.57. The normalized spacial score (nSPS) is 27.2. The number of allylic oxidation sites excluding steroid dienone is 1. The predicted octanol–water partition coefficient (Wildman–Crippen LogP) is 3.83.